The smallest absolute Gasteiger partial charge is 0.0821 e. The number of aromatic nitrogens is 2. The van der Waals surface area contributed by atoms with E-state index >= 15 is 0 Å². The monoisotopic (exact) mass is 273 g/mol. The molecule has 1 heterocycles. The molecule has 2 rings (SSSR count). The molecule has 0 radical (unpaired) electrons. The van der Waals surface area contributed by atoms with Gasteiger partial charge in [-0.2, -0.15) is 5.10 Å². The number of benzene rings is 1. The average molecular weight is 273 g/mol. The van der Waals surface area contributed by atoms with E-state index < -0.39 is 0 Å². The summed E-state index contributed by atoms with van der Waals surface area (Å²) in [7, 11) is 0. The predicted octanol–water partition coefficient (Wildman–Crippen LogP) is 2.95. The lowest BCUT2D eigenvalue weighted by Crippen LogP contribution is -2.27. The van der Waals surface area contributed by atoms with E-state index in [0.717, 1.165) is 31.0 Å². The fourth-order valence-corrected chi connectivity index (χ4v) is 2.05. The van der Waals surface area contributed by atoms with Gasteiger partial charge in [0.1, 0.15) is 0 Å². The topological polar surface area (TPSA) is 39.1 Å². The van der Waals surface area contributed by atoms with Gasteiger partial charge in [0, 0.05) is 12.8 Å². The first-order valence-electron chi connectivity index (χ1n) is 7.27. The van der Waals surface area contributed by atoms with Crippen LogP contribution in [0.5, 0.6) is 0 Å². The van der Waals surface area contributed by atoms with Gasteiger partial charge in [-0.3, -0.25) is 0 Å². The lowest BCUT2D eigenvalue weighted by Gasteiger charge is -2.16. The zero-order valence-electron chi connectivity index (χ0n) is 12.2. The highest BCUT2D eigenvalue weighted by Crippen LogP contribution is 2.14. The van der Waals surface area contributed by atoms with Gasteiger partial charge in [0.25, 0.3) is 0 Å². The highest BCUT2D eigenvalue weighted by Gasteiger charge is 2.14. The molecule has 0 saturated carbocycles. The molecule has 4 heteroatoms. The predicted molar refractivity (Wildman–Crippen MR) is 81.1 cm³/mol. The maximum Gasteiger partial charge on any atom is 0.0821 e. The van der Waals surface area contributed by atoms with Gasteiger partial charge in [-0.1, -0.05) is 25.1 Å². The molecular weight excluding hydrogens is 250 g/mol. The van der Waals surface area contributed by atoms with Crippen molar-refractivity contribution >= 4 is 0 Å². The van der Waals surface area contributed by atoms with E-state index in [4.69, 9.17) is 4.74 Å². The molecule has 0 aliphatic carbocycles. The number of hydrogen-bond donors (Lipinski definition) is 1. The summed E-state index contributed by atoms with van der Waals surface area (Å²) in [5, 5.41) is 8.15. The van der Waals surface area contributed by atoms with Crippen molar-refractivity contribution in [2.75, 3.05) is 19.8 Å². The highest BCUT2D eigenvalue weighted by atomic mass is 16.5. The molecule has 0 fully saturated rings. The third-order valence-electron chi connectivity index (χ3n) is 3.12. The average Bonchev–Trinajstić information content (AvgIpc) is 2.98. The third-order valence-corrected chi connectivity index (χ3v) is 3.12. The van der Waals surface area contributed by atoms with Crippen molar-refractivity contribution in [1.29, 1.82) is 0 Å². The molecule has 4 nitrogen and oxygen atoms in total. The van der Waals surface area contributed by atoms with Crippen LogP contribution in [0.1, 0.15) is 32.0 Å². The minimum absolute atomic E-state index is 0.153. The molecule has 0 aliphatic rings. The molecule has 1 atom stereocenters. The van der Waals surface area contributed by atoms with Crippen LogP contribution < -0.4 is 5.32 Å². The minimum Gasteiger partial charge on any atom is -0.380 e. The molecule has 2 aromatic rings. The number of ether oxygens (including phenoxy) is 1. The molecule has 1 N–H and O–H groups in total. The number of rotatable bonds is 8. The van der Waals surface area contributed by atoms with Gasteiger partial charge in [-0.05, 0) is 38.1 Å². The summed E-state index contributed by atoms with van der Waals surface area (Å²) in [5.41, 5.74) is 2.10. The summed E-state index contributed by atoms with van der Waals surface area (Å²) >= 11 is 0. The van der Waals surface area contributed by atoms with Crippen LogP contribution in [0.4, 0.5) is 0 Å². The van der Waals surface area contributed by atoms with E-state index in [1.807, 2.05) is 48.1 Å². The van der Waals surface area contributed by atoms with Gasteiger partial charge in [0.05, 0.1) is 24.0 Å². The Kier molecular flexibility index (Phi) is 5.77. The van der Waals surface area contributed by atoms with E-state index in [1.54, 1.807) is 0 Å². The van der Waals surface area contributed by atoms with Crippen LogP contribution in [0.25, 0.3) is 5.69 Å². The molecule has 0 spiro atoms. The van der Waals surface area contributed by atoms with Crippen LogP contribution in [0.2, 0.25) is 0 Å². The van der Waals surface area contributed by atoms with Gasteiger partial charge in [0.2, 0.25) is 0 Å². The Hall–Kier alpha value is -1.65. The molecule has 1 aromatic heterocycles. The fraction of sp³-hybridized carbons (Fsp3) is 0.438. The Morgan fingerprint density at radius 2 is 2.00 bits per heavy atom. The van der Waals surface area contributed by atoms with Crippen LogP contribution in [0, 0.1) is 0 Å². The lowest BCUT2D eigenvalue weighted by atomic mass is 10.2. The van der Waals surface area contributed by atoms with E-state index in [-0.39, 0.29) is 6.04 Å². The second-order valence-corrected chi connectivity index (χ2v) is 4.69. The first-order chi connectivity index (χ1) is 9.85. The van der Waals surface area contributed by atoms with Crippen molar-refractivity contribution < 1.29 is 4.74 Å². The summed E-state index contributed by atoms with van der Waals surface area (Å²) in [6.07, 6.45) is 3.10. The van der Waals surface area contributed by atoms with E-state index in [2.05, 4.69) is 23.4 Å². The number of nitrogens with one attached hydrogen (secondary N) is 1. The molecule has 108 valence electrons. The Labute approximate surface area is 120 Å². The molecular formula is C16H23N3O. The number of nitrogens with zero attached hydrogens (tertiary/aromatic N) is 2. The molecule has 20 heavy (non-hydrogen) atoms. The maximum atomic E-state index is 5.55. The quantitative estimate of drug-likeness (QED) is 0.803. The summed E-state index contributed by atoms with van der Waals surface area (Å²) in [6.45, 7) is 6.52. The van der Waals surface area contributed by atoms with Crippen LogP contribution in [0.3, 0.4) is 0 Å². The first kappa shape index (κ1) is 14.8. The second kappa shape index (κ2) is 7.82. The largest absolute Gasteiger partial charge is 0.380 e. The standard InChI is InChI=1S/C16H23N3O/c1-3-11-17-16(13-20-4-2)15-10-12-19(18-15)14-8-6-5-7-9-14/h5-10,12,16-17H,3-4,11,13H2,1-2H3. The van der Waals surface area contributed by atoms with Gasteiger partial charge in [-0.25, -0.2) is 4.68 Å². The van der Waals surface area contributed by atoms with Crippen molar-refractivity contribution in [3.8, 4) is 5.69 Å². The molecule has 0 saturated heterocycles. The number of para-hydroxylation sites is 1. The van der Waals surface area contributed by atoms with E-state index in [9.17, 15) is 0 Å². The van der Waals surface area contributed by atoms with Gasteiger partial charge < -0.3 is 10.1 Å². The molecule has 1 unspecified atom stereocenters. The molecule has 0 bridgehead atoms. The van der Waals surface area contributed by atoms with Crippen LogP contribution in [-0.2, 0) is 4.74 Å². The Balaban J connectivity index is 2.11. The van der Waals surface area contributed by atoms with Crippen LogP contribution >= 0.6 is 0 Å². The van der Waals surface area contributed by atoms with Crippen molar-refractivity contribution in [2.24, 2.45) is 0 Å². The minimum atomic E-state index is 0.153. The van der Waals surface area contributed by atoms with Crippen LogP contribution in [-0.4, -0.2) is 29.5 Å². The summed E-state index contributed by atoms with van der Waals surface area (Å²) in [6, 6.07) is 12.4. The van der Waals surface area contributed by atoms with Gasteiger partial charge >= 0.3 is 0 Å². The first-order valence-corrected chi connectivity index (χ1v) is 7.27. The van der Waals surface area contributed by atoms with E-state index in [1.165, 1.54) is 0 Å². The Morgan fingerprint density at radius 3 is 2.70 bits per heavy atom. The number of hydrogen-bond acceptors (Lipinski definition) is 3. The van der Waals surface area contributed by atoms with Crippen molar-refractivity contribution in [2.45, 2.75) is 26.3 Å². The van der Waals surface area contributed by atoms with Crippen molar-refractivity contribution in [3.05, 3.63) is 48.3 Å². The molecule has 1 aromatic carbocycles. The fourth-order valence-electron chi connectivity index (χ4n) is 2.05. The van der Waals surface area contributed by atoms with Crippen molar-refractivity contribution in [1.82, 2.24) is 15.1 Å². The van der Waals surface area contributed by atoms with Gasteiger partial charge in [0.15, 0.2) is 0 Å². The zero-order valence-corrected chi connectivity index (χ0v) is 12.2. The Bertz CT molecular complexity index is 487. The lowest BCUT2D eigenvalue weighted by molar-refractivity contribution is 0.121. The van der Waals surface area contributed by atoms with Crippen molar-refractivity contribution in [3.63, 3.8) is 0 Å². The molecule has 0 amide bonds. The summed E-state index contributed by atoms with van der Waals surface area (Å²) in [5.74, 6) is 0. The third kappa shape index (κ3) is 3.92. The SMILES string of the molecule is CCCNC(COCC)c1ccn(-c2ccccc2)n1. The second-order valence-electron chi connectivity index (χ2n) is 4.69. The molecule has 0 aliphatic heterocycles. The highest BCUT2D eigenvalue weighted by molar-refractivity contribution is 5.30. The summed E-state index contributed by atoms with van der Waals surface area (Å²) < 4.78 is 7.45. The van der Waals surface area contributed by atoms with E-state index in [0.29, 0.717) is 6.61 Å². The Morgan fingerprint density at radius 1 is 1.20 bits per heavy atom. The van der Waals surface area contributed by atoms with Crippen LogP contribution in [0.15, 0.2) is 42.6 Å². The normalized spacial score (nSPS) is 12.5. The zero-order chi connectivity index (χ0) is 14.2. The summed E-state index contributed by atoms with van der Waals surface area (Å²) in [4.78, 5) is 0. The van der Waals surface area contributed by atoms with Gasteiger partial charge in [-0.15, -0.1) is 0 Å². The maximum absolute atomic E-state index is 5.55.